The van der Waals surface area contributed by atoms with E-state index in [9.17, 15) is 9.90 Å². The first kappa shape index (κ1) is 17.4. The van der Waals surface area contributed by atoms with Gasteiger partial charge in [0.25, 0.3) is 0 Å². The molecule has 0 radical (unpaired) electrons. The molecule has 1 N–H and O–H groups in total. The standard InChI is InChI=1S/C18H25NO4/c1-3-9-14(19-22-12-4-2)16-15(20)13-18(23-17(16)21)10-7-5-6-8-11-18/h2,20H,3,5-13H2,1H3/b19-14-. The highest BCUT2D eigenvalue weighted by atomic mass is 16.6. The zero-order chi connectivity index (χ0) is 16.7. The molecule has 1 heterocycles. The number of terminal acetylenes is 1. The molecule has 1 aliphatic carbocycles. The van der Waals surface area contributed by atoms with Gasteiger partial charge in [-0.05, 0) is 32.1 Å². The first-order chi connectivity index (χ1) is 11.1. The number of hydrogen-bond acceptors (Lipinski definition) is 5. The molecule has 0 amide bonds. The van der Waals surface area contributed by atoms with Crippen molar-refractivity contribution in [2.75, 3.05) is 6.61 Å². The summed E-state index contributed by atoms with van der Waals surface area (Å²) in [6.07, 6.45) is 12.8. The Morgan fingerprint density at radius 2 is 2.09 bits per heavy atom. The Morgan fingerprint density at radius 1 is 1.39 bits per heavy atom. The van der Waals surface area contributed by atoms with Gasteiger partial charge in [-0.1, -0.05) is 37.3 Å². The van der Waals surface area contributed by atoms with Crippen molar-refractivity contribution in [1.82, 2.24) is 0 Å². The summed E-state index contributed by atoms with van der Waals surface area (Å²) >= 11 is 0. The smallest absolute Gasteiger partial charge is 0.344 e. The summed E-state index contributed by atoms with van der Waals surface area (Å²) in [5.41, 5.74) is 0.0190. The highest BCUT2D eigenvalue weighted by Crippen LogP contribution is 2.40. The van der Waals surface area contributed by atoms with Crippen molar-refractivity contribution in [3.8, 4) is 12.3 Å². The number of oxime groups is 1. The molecule has 2 rings (SSSR count). The van der Waals surface area contributed by atoms with Crippen molar-refractivity contribution in [1.29, 1.82) is 0 Å². The molecule has 1 spiro atoms. The summed E-state index contributed by atoms with van der Waals surface area (Å²) in [4.78, 5) is 17.5. The molecule has 5 heteroatoms. The second-order valence-electron chi connectivity index (χ2n) is 6.25. The van der Waals surface area contributed by atoms with Crippen LogP contribution < -0.4 is 0 Å². The van der Waals surface area contributed by atoms with E-state index in [-0.39, 0.29) is 17.9 Å². The molecule has 23 heavy (non-hydrogen) atoms. The zero-order valence-corrected chi connectivity index (χ0v) is 13.8. The van der Waals surface area contributed by atoms with Crippen LogP contribution in [0.2, 0.25) is 0 Å². The Morgan fingerprint density at radius 3 is 2.65 bits per heavy atom. The lowest BCUT2D eigenvalue weighted by atomic mass is 9.85. The number of ether oxygens (including phenoxy) is 1. The molecule has 0 unspecified atom stereocenters. The van der Waals surface area contributed by atoms with Gasteiger partial charge in [0.1, 0.15) is 16.9 Å². The van der Waals surface area contributed by atoms with Crippen LogP contribution in [-0.4, -0.2) is 29.0 Å². The molecule has 2 aliphatic rings. The first-order valence-electron chi connectivity index (χ1n) is 8.40. The predicted molar refractivity (Wildman–Crippen MR) is 87.9 cm³/mol. The van der Waals surface area contributed by atoms with Gasteiger partial charge in [0.2, 0.25) is 0 Å². The van der Waals surface area contributed by atoms with E-state index in [4.69, 9.17) is 16.0 Å². The van der Waals surface area contributed by atoms with Crippen LogP contribution in [0.3, 0.4) is 0 Å². The number of esters is 1. The van der Waals surface area contributed by atoms with Crippen LogP contribution in [0.15, 0.2) is 16.5 Å². The fourth-order valence-corrected chi connectivity index (χ4v) is 3.33. The maximum atomic E-state index is 12.5. The van der Waals surface area contributed by atoms with Crippen LogP contribution in [0.1, 0.15) is 64.7 Å². The molecule has 1 saturated carbocycles. The third kappa shape index (κ3) is 4.28. The van der Waals surface area contributed by atoms with Crippen molar-refractivity contribution in [2.45, 2.75) is 70.3 Å². The topological polar surface area (TPSA) is 68.1 Å². The van der Waals surface area contributed by atoms with E-state index in [0.717, 1.165) is 44.9 Å². The number of rotatable bonds is 5. The van der Waals surface area contributed by atoms with E-state index in [1.165, 1.54) is 0 Å². The summed E-state index contributed by atoms with van der Waals surface area (Å²) in [6.45, 7) is 2.00. The largest absolute Gasteiger partial charge is 0.511 e. The molecule has 1 aliphatic heterocycles. The fourth-order valence-electron chi connectivity index (χ4n) is 3.33. The summed E-state index contributed by atoms with van der Waals surface area (Å²) in [5, 5.41) is 14.4. The third-order valence-electron chi connectivity index (χ3n) is 4.40. The summed E-state index contributed by atoms with van der Waals surface area (Å²) in [5.74, 6) is 1.90. The number of carbonyl (C=O) groups excluding carboxylic acids is 1. The average molecular weight is 319 g/mol. The van der Waals surface area contributed by atoms with Gasteiger partial charge in [0.15, 0.2) is 6.61 Å². The molecule has 0 aromatic heterocycles. The van der Waals surface area contributed by atoms with Gasteiger partial charge in [-0.25, -0.2) is 4.79 Å². The SMILES string of the molecule is C#CCO/N=C(/CCC)C1=C(O)CC2(CCCCCC2)OC1=O. The lowest BCUT2D eigenvalue weighted by Crippen LogP contribution is -2.41. The average Bonchev–Trinajstić information content (AvgIpc) is 2.72. The lowest BCUT2D eigenvalue weighted by Gasteiger charge is -2.36. The van der Waals surface area contributed by atoms with Gasteiger partial charge in [-0.15, -0.1) is 6.42 Å². The Balaban J connectivity index is 2.25. The van der Waals surface area contributed by atoms with Crippen LogP contribution in [0.25, 0.3) is 0 Å². The van der Waals surface area contributed by atoms with Gasteiger partial charge in [-0.2, -0.15) is 0 Å². The van der Waals surface area contributed by atoms with Gasteiger partial charge >= 0.3 is 5.97 Å². The van der Waals surface area contributed by atoms with Crippen molar-refractivity contribution in [3.63, 3.8) is 0 Å². The number of aliphatic hydroxyl groups excluding tert-OH is 1. The van der Waals surface area contributed by atoms with Crippen LogP contribution in [-0.2, 0) is 14.4 Å². The van der Waals surface area contributed by atoms with Crippen LogP contribution in [0, 0.1) is 12.3 Å². The van der Waals surface area contributed by atoms with E-state index < -0.39 is 11.6 Å². The van der Waals surface area contributed by atoms with Crippen LogP contribution in [0.4, 0.5) is 0 Å². The van der Waals surface area contributed by atoms with Gasteiger partial charge in [0.05, 0.1) is 5.71 Å². The van der Waals surface area contributed by atoms with Crippen LogP contribution >= 0.6 is 0 Å². The Bertz CT molecular complexity index is 534. The second-order valence-corrected chi connectivity index (χ2v) is 6.25. The molecule has 0 bridgehead atoms. The zero-order valence-electron chi connectivity index (χ0n) is 13.8. The minimum absolute atomic E-state index is 0.0280. The van der Waals surface area contributed by atoms with E-state index in [2.05, 4.69) is 11.1 Å². The summed E-state index contributed by atoms with van der Waals surface area (Å²) < 4.78 is 5.78. The number of aliphatic hydroxyl groups is 1. The normalized spacial score (nSPS) is 21.6. The van der Waals surface area contributed by atoms with E-state index in [1.54, 1.807) is 0 Å². The molecule has 0 atom stereocenters. The van der Waals surface area contributed by atoms with E-state index in [1.807, 2.05) is 6.92 Å². The van der Waals surface area contributed by atoms with E-state index >= 15 is 0 Å². The fraction of sp³-hybridized carbons (Fsp3) is 0.667. The third-order valence-corrected chi connectivity index (χ3v) is 4.40. The van der Waals surface area contributed by atoms with Crippen molar-refractivity contribution in [3.05, 3.63) is 11.3 Å². The molecule has 0 aromatic carbocycles. The maximum Gasteiger partial charge on any atom is 0.344 e. The van der Waals surface area contributed by atoms with Crippen molar-refractivity contribution >= 4 is 11.7 Å². The molecule has 1 fully saturated rings. The molecule has 0 saturated heterocycles. The van der Waals surface area contributed by atoms with Gasteiger partial charge in [-0.3, -0.25) is 0 Å². The second kappa shape index (κ2) is 8.05. The monoisotopic (exact) mass is 319 g/mol. The minimum atomic E-state index is -0.543. The van der Waals surface area contributed by atoms with Gasteiger partial charge in [0, 0.05) is 6.42 Å². The molecule has 5 nitrogen and oxygen atoms in total. The Hall–Kier alpha value is -1.96. The van der Waals surface area contributed by atoms with Crippen LogP contribution in [0.5, 0.6) is 0 Å². The van der Waals surface area contributed by atoms with Crippen molar-refractivity contribution in [2.24, 2.45) is 5.16 Å². The molecule has 126 valence electrons. The van der Waals surface area contributed by atoms with Gasteiger partial charge < -0.3 is 14.7 Å². The van der Waals surface area contributed by atoms with Crippen molar-refractivity contribution < 1.29 is 19.5 Å². The van der Waals surface area contributed by atoms with E-state index in [0.29, 0.717) is 18.6 Å². The minimum Gasteiger partial charge on any atom is -0.511 e. The number of carbonyl (C=O) groups is 1. The molecular weight excluding hydrogens is 294 g/mol. The highest BCUT2D eigenvalue weighted by Gasteiger charge is 2.43. The predicted octanol–water partition coefficient (Wildman–Crippen LogP) is 3.64. The summed E-state index contributed by atoms with van der Waals surface area (Å²) in [6, 6.07) is 0. The number of hydrogen-bond donors (Lipinski definition) is 1. The summed E-state index contributed by atoms with van der Waals surface area (Å²) in [7, 11) is 0. The number of nitrogens with zero attached hydrogens (tertiary/aromatic N) is 1. The Kier molecular flexibility index (Phi) is 6.09. The molecular formula is C18H25NO4. The highest BCUT2D eigenvalue weighted by molar-refractivity contribution is 6.20. The lowest BCUT2D eigenvalue weighted by molar-refractivity contribution is -0.159. The quantitative estimate of drug-likeness (QED) is 0.276. The molecule has 0 aromatic rings. The maximum absolute atomic E-state index is 12.5. The Labute approximate surface area is 137 Å². The first-order valence-corrected chi connectivity index (χ1v) is 8.40.